The van der Waals surface area contributed by atoms with Crippen molar-refractivity contribution in [3.05, 3.63) is 75.1 Å². The van der Waals surface area contributed by atoms with Crippen LogP contribution < -0.4 is 5.56 Å². The lowest BCUT2D eigenvalue weighted by Gasteiger charge is -2.13. The molecule has 1 N–H and O–H groups in total. The number of hydrogen-bond donors (Lipinski definition) is 1. The third kappa shape index (κ3) is 3.46. The first-order valence-corrected chi connectivity index (χ1v) is 8.06. The number of pyridine rings is 1. The second kappa shape index (κ2) is 7.18. The predicted octanol–water partition coefficient (Wildman–Crippen LogP) is 3.44. The van der Waals surface area contributed by atoms with Gasteiger partial charge in [-0.25, -0.2) is 0 Å². The van der Waals surface area contributed by atoms with E-state index in [-0.39, 0.29) is 17.7 Å². The zero-order valence-corrected chi connectivity index (χ0v) is 13.8. The summed E-state index contributed by atoms with van der Waals surface area (Å²) in [6, 6.07) is 14.9. The van der Waals surface area contributed by atoms with Gasteiger partial charge in [0.05, 0.1) is 10.4 Å². The van der Waals surface area contributed by atoms with E-state index in [0.29, 0.717) is 29.6 Å². The average Bonchev–Trinajstić information content (AvgIpc) is 2.63. The van der Waals surface area contributed by atoms with Gasteiger partial charge in [-0.3, -0.25) is 19.7 Å². The summed E-state index contributed by atoms with van der Waals surface area (Å²) in [6.07, 6.45) is 0.322. The van der Waals surface area contributed by atoms with Crippen molar-refractivity contribution in [1.82, 2.24) is 4.57 Å². The van der Waals surface area contributed by atoms with Gasteiger partial charge in [-0.1, -0.05) is 30.3 Å². The summed E-state index contributed by atoms with van der Waals surface area (Å²) in [5, 5.41) is 20.6. The molecule has 0 saturated carbocycles. The van der Waals surface area contributed by atoms with Gasteiger partial charge in [-0.05, 0) is 23.6 Å². The molecule has 0 fully saturated rings. The van der Waals surface area contributed by atoms with Gasteiger partial charge >= 0.3 is 5.97 Å². The van der Waals surface area contributed by atoms with Gasteiger partial charge in [0.15, 0.2) is 0 Å². The monoisotopic (exact) mass is 352 g/mol. The van der Waals surface area contributed by atoms with E-state index in [9.17, 15) is 19.7 Å². The minimum atomic E-state index is -0.907. The highest BCUT2D eigenvalue weighted by Gasteiger charge is 2.13. The molecule has 7 nitrogen and oxygen atoms in total. The van der Waals surface area contributed by atoms with Gasteiger partial charge in [-0.2, -0.15) is 0 Å². The normalized spacial score (nSPS) is 10.8. The van der Waals surface area contributed by atoms with E-state index in [4.69, 9.17) is 5.11 Å². The molecule has 2 aromatic carbocycles. The standard InChI is InChI=1S/C19H16N2O5/c22-18-12-16(13-5-3-6-14(11-13)21(25)26)15-7-1-2-8-17(15)20(18)10-4-9-19(23)24/h1-3,5-8,11-12H,4,9-10H2,(H,23,24). The molecule has 0 saturated heterocycles. The van der Waals surface area contributed by atoms with Crippen molar-refractivity contribution in [1.29, 1.82) is 0 Å². The Balaban J connectivity index is 2.14. The molecule has 1 aromatic heterocycles. The molecule has 132 valence electrons. The largest absolute Gasteiger partial charge is 0.481 e. The van der Waals surface area contributed by atoms with E-state index >= 15 is 0 Å². The van der Waals surface area contributed by atoms with Crippen LogP contribution in [0.25, 0.3) is 22.0 Å². The highest BCUT2D eigenvalue weighted by molar-refractivity contribution is 5.94. The van der Waals surface area contributed by atoms with Crippen LogP contribution in [0.3, 0.4) is 0 Å². The quantitative estimate of drug-likeness (QED) is 0.541. The molecule has 0 amide bonds. The molecule has 0 aliphatic heterocycles. The predicted molar refractivity (Wildman–Crippen MR) is 97.2 cm³/mol. The maximum Gasteiger partial charge on any atom is 0.303 e. The second-order valence-corrected chi connectivity index (χ2v) is 5.87. The molecule has 1 heterocycles. The number of nitro benzene ring substituents is 1. The Morgan fingerprint density at radius 1 is 1.12 bits per heavy atom. The lowest BCUT2D eigenvalue weighted by atomic mass is 10.0. The molecular weight excluding hydrogens is 336 g/mol. The first kappa shape index (κ1) is 17.3. The SMILES string of the molecule is O=C(O)CCCn1c(=O)cc(-c2cccc([N+](=O)[O-])c2)c2ccccc21. The number of carboxylic acids is 1. The van der Waals surface area contributed by atoms with E-state index in [1.165, 1.54) is 18.2 Å². The molecule has 0 spiro atoms. The third-order valence-electron chi connectivity index (χ3n) is 4.16. The molecule has 0 aliphatic carbocycles. The van der Waals surface area contributed by atoms with Crippen molar-refractivity contribution in [2.75, 3.05) is 0 Å². The Hall–Kier alpha value is -3.48. The minimum absolute atomic E-state index is 0.0204. The van der Waals surface area contributed by atoms with Gasteiger partial charge in [0.2, 0.25) is 0 Å². The lowest BCUT2D eigenvalue weighted by Crippen LogP contribution is -2.20. The summed E-state index contributed by atoms with van der Waals surface area (Å²) in [6.45, 7) is 0.293. The van der Waals surface area contributed by atoms with Crippen LogP contribution in [0, 0.1) is 10.1 Å². The lowest BCUT2D eigenvalue weighted by molar-refractivity contribution is -0.384. The summed E-state index contributed by atoms with van der Waals surface area (Å²) in [5.74, 6) is -0.907. The van der Waals surface area contributed by atoms with Crippen LogP contribution >= 0.6 is 0 Å². The maximum absolute atomic E-state index is 12.6. The number of aryl methyl sites for hydroxylation is 1. The van der Waals surface area contributed by atoms with Crippen molar-refractivity contribution < 1.29 is 14.8 Å². The smallest absolute Gasteiger partial charge is 0.303 e. The van der Waals surface area contributed by atoms with E-state index in [2.05, 4.69) is 0 Å². The van der Waals surface area contributed by atoms with Crippen LogP contribution in [0.1, 0.15) is 12.8 Å². The van der Waals surface area contributed by atoms with Crippen molar-refractivity contribution in [2.45, 2.75) is 19.4 Å². The molecular formula is C19H16N2O5. The zero-order valence-electron chi connectivity index (χ0n) is 13.8. The number of rotatable bonds is 6. The van der Waals surface area contributed by atoms with Gasteiger partial charge in [0, 0.05) is 36.6 Å². The fraction of sp³-hybridized carbons (Fsp3) is 0.158. The summed E-state index contributed by atoms with van der Waals surface area (Å²) < 4.78 is 1.54. The Bertz CT molecular complexity index is 1060. The first-order valence-electron chi connectivity index (χ1n) is 8.06. The van der Waals surface area contributed by atoms with Crippen molar-refractivity contribution >= 4 is 22.6 Å². The van der Waals surface area contributed by atoms with Gasteiger partial charge in [-0.15, -0.1) is 0 Å². The number of carbonyl (C=O) groups is 1. The van der Waals surface area contributed by atoms with Crippen molar-refractivity contribution in [2.24, 2.45) is 0 Å². The highest BCUT2D eigenvalue weighted by Crippen LogP contribution is 2.29. The van der Waals surface area contributed by atoms with Gasteiger partial charge in [0.25, 0.3) is 11.2 Å². The summed E-state index contributed by atoms with van der Waals surface area (Å²) in [5.41, 5.74) is 1.56. The van der Waals surface area contributed by atoms with E-state index in [1.807, 2.05) is 12.1 Å². The van der Waals surface area contributed by atoms with E-state index < -0.39 is 10.9 Å². The minimum Gasteiger partial charge on any atom is -0.481 e. The molecule has 0 atom stereocenters. The molecule has 0 aliphatic rings. The Morgan fingerprint density at radius 2 is 1.88 bits per heavy atom. The Morgan fingerprint density at radius 3 is 2.62 bits per heavy atom. The number of hydrogen-bond acceptors (Lipinski definition) is 4. The number of aromatic nitrogens is 1. The number of benzene rings is 2. The van der Waals surface area contributed by atoms with Crippen LogP contribution in [0.4, 0.5) is 5.69 Å². The Labute approximate surface area is 148 Å². The molecule has 3 aromatic rings. The van der Waals surface area contributed by atoms with Crippen molar-refractivity contribution in [3.8, 4) is 11.1 Å². The van der Waals surface area contributed by atoms with E-state index in [1.54, 1.807) is 28.8 Å². The summed E-state index contributed by atoms with van der Waals surface area (Å²) in [7, 11) is 0. The maximum atomic E-state index is 12.6. The number of aliphatic carboxylic acids is 1. The molecule has 7 heteroatoms. The zero-order chi connectivity index (χ0) is 18.7. The number of nitro groups is 1. The average molecular weight is 352 g/mol. The molecule has 3 rings (SSSR count). The van der Waals surface area contributed by atoms with Crippen LogP contribution in [-0.2, 0) is 11.3 Å². The number of fused-ring (bicyclic) bond motifs is 1. The summed E-state index contributed by atoms with van der Waals surface area (Å²) in [4.78, 5) is 33.9. The molecule has 0 bridgehead atoms. The Kier molecular flexibility index (Phi) is 4.79. The summed E-state index contributed by atoms with van der Waals surface area (Å²) >= 11 is 0. The van der Waals surface area contributed by atoms with Gasteiger partial charge < -0.3 is 9.67 Å². The number of carboxylic acid groups (broad SMARTS) is 1. The fourth-order valence-electron chi connectivity index (χ4n) is 2.98. The third-order valence-corrected chi connectivity index (χ3v) is 4.16. The van der Waals surface area contributed by atoms with Crippen LogP contribution in [0.2, 0.25) is 0 Å². The molecule has 0 unspecified atom stereocenters. The first-order chi connectivity index (χ1) is 12.5. The van der Waals surface area contributed by atoms with Crippen LogP contribution in [0.15, 0.2) is 59.4 Å². The van der Waals surface area contributed by atoms with Gasteiger partial charge in [0.1, 0.15) is 0 Å². The van der Waals surface area contributed by atoms with Crippen LogP contribution in [-0.4, -0.2) is 20.6 Å². The van der Waals surface area contributed by atoms with Crippen molar-refractivity contribution in [3.63, 3.8) is 0 Å². The fourth-order valence-corrected chi connectivity index (χ4v) is 2.98. The number of nitrogens with zero attached hydrogens (tertiary/aromatic N) is 2. The molecule has 26 heavy (non-hydrogen) atoms. The number of para-hydroxylation sites is 1. The topological polar surface area (TPSA) is 102 Å². The molecule has 0 radical (unpaired) electrons. The second-order valence-electron chi connectivity index (χ2n) is 5.87. The number of non-ortho nitro benzene ring substituents is 1. The van der Waals surface area contributed by atoms with E-state index in [0.717, 1.165) is 5.39 Å². The van der Waals surface area contributed by atoms with Crippen LogP contribution in [0.5, 0.6) is 0 Å². The highest BCUT2D eigenvalue weighted by atomic mass is 16.6.